The van der Waals surface area contributed by atoms with Crippen molar-refractivity contribution < 1.29 is 19.2 Å². The van der Waals surface area contributed by atoms with E-state index in [2.05, 4.69) is 16.0 Å². The molecule has 0 radical (unpaired) electrons. The Kier molecular flexibility index (Phi) is 10.9. The van der Waals surface area contributed by atoms with Crippen molar-refractivity contribution in [1.29, 1.82) is 0 Å². The molecule has 47 heavy (non-hydrogen) atoms. The van der Waals surface area contributed by atoms with E-state index in [-0.39, 0.29) is 11.6 Å². The molecule has 4 amide bonds. The third kappa shape index (κ3) is 9.20. The monoisotopic (exact) mass is 660 g/mol. The van der Waals surface area contributed by atoms with E-state index < -0.39 is 23.0 Å². The Labute approximate surface area is 281 Å². The van der Waals surface area contributed by atoms with Gasteiger partial charge < -0.3 is 21.7 Å². The van der Waals surface area contributed by atoms with Crippen LogP contribution in [0.15, 0.2) is 144 Å². The van der Waals surface area contributed by atoms with Crippen LogP contribution in [0.1, 0.15) is 37.1 Å². The Morgan fingerprint density at radius 2 is 1.30 bits per heavy atom. The van der Waals surface area contributed by atoms with Gasteiger partial charge in [0.2, 0.25) is 11.8 Å². The predicted molar refractivity (Wildman–Crippen MR) is 187 cm³/mol. The Morgan fingerprint density at radius 3 is 1.94 bits per heavy atom. The summed E-state index contributed by atoms with van der Waals surface area (Å²) in [5.41, 5.74) is 8.55. The van der Waals surface area contributed by atoms with Crippen LogP contribution in [0, 0.1) is 0 Å². The molecule has 0 aliphatic heterocycles. The number of nitrogens with two attached hydrogens (primary N) is 1. The lowest BCUT2D eigenvalue weighted by atomic mass is 10.1. The Hall–Kier alpha value is -5.64. The van der Waals surface area contributed by atoms with Gasteiger partial charge in [0.05, 0.1) is 0 Å². The number of hydrogen-bond donors (Lipinski definition) is 4. The Morgan fingerprint density at radius 1 is 0.681 bits per heavy atom. The van der Waals surface area contributed by atoms with Gasteiger partial charge in [-0.3, -0.25) is 19.2 Å². The minimum atomic E-state index is -0.604. The molecule has 0 aliphatic rings. The second kappa shape index (κ2) is 15.6. The molecule has 10 heteroatoms. The minimum absolute atomic E-state index is 0.0317. The lowest BCUT2D eigenvalue weighted by molar-refractivity contribution is -0.116. The van der Waals surface area contributed by atoms with E-state index in [0.717, 1.165) is 10.5 Å². The summed E-state index contributed by atoms with van der Waals surface area (Å²) < 4.78 is 0. The summed E-state index contributed by atoms with van der Waals surface area (Å²) in [5, 5.41) is 8.35. The number of carbonyl (C=O) groups is 4. The maximum atomic E-state index is 13.5. The number of nitrogens with one attached hydrogen (secondary N) is 3. The number of amides is 4. The number of anilines is 2. The van der Waals surface area contributed by atoms with E-state index in [0.29, 0.717) is 33.1 Å². The lowest BCUT2D eigenvalue weighted by Crippen LogP contribution is -2.30. The smallest absolute Gasteiger partial charge is 0.272 e. The fourth-order valence-corrected chi connectivity index (χ4v) is 5.71. The van der Waals surface area contributed by atoms with Crippen molar-refractivity contribution in [2.45, 2.75) is 10.1 Å². The summed E-state index contributed by atoms with van der Waals surface area (Å²) in [5.74, 6) is -1.77. The van der Waals surface area contributed by atoms with Crippen LogP contribution in [0.2, 0.25) is 5.02 Å². The second-order valence-corrected chi connectivity index (χ2v) is 11.9. The highest BCUT2D eigenvalue weighted by Gasteiger charge is 2.23. The van der Waals surface area contributed by atoms with E-state index in [1.807, 2.05) is 30.3 Å². The summed E-state index contributed by atoms with van der Waals surface area (Å²) in [4.78, 5) is 52.0. The van der Waals surface area contributed by atoms with E-state index in [4.69, 9.17) is 17.3 Å². The van der Waals surface area contributed by atoms with Gasteiger partial charge in [0.25, 0.3) is 11.8 Å². The average Bonchev–Trinajstić information content (AvgIpc) is 3.08. The largest absolute Gasteiger partial charge is 0.366 e. The van der Waals surface area contributed by atoms with Crippen LogP contribution in [0.25, 0.3) is 6.08 Å². The molecule has 0 spiro atoms. The highest BCUT2D eigenvalue weighted by Crippen LogP contribution is 2.37. The quantitative estimate of drug-likeness (QED) is 0.0871. The number of halogens is 1. The molecule has 1 atom stereocenters. The van der Waals surface area contributed by atoms with Crippen LogP contribution < -0.4 is 21.7 Å². The lowest BCUT2D eigenvalue weighted by Gasteiger charge is -2.18. The van der Waals surface area contributed by atoms with Crippen LogP contribution in [-0.2, 0) is 9.59 Å². The number of carbonyl (C=O) groups excluding carboxylic acids is 4. The minimum Gasteiger partial charge on any atom is -0.366 e. The van der Waals surface area contributed by atoms with Crippen LogP contribution in [0.5, 0.6) is 0 Å². The van der Waals surface area contributed by atoms with E-state index in [1.54, 1.807) is 109 Å². The Balaban J connectivity index is 1.32. The first-order chi connectivity index (χ1) is 22.7. The van der Waals surface area contributed by atoms with Crippen molar-refractivity contribution in [2.24, 2.45) is 5.73 Å². The first-order valence-electron chi connectivity index (χ1n) is 14.4. The van der Waals surface area contributed by atoms with Crippen LogP contribution in [-0.4, -0.2) is 23.6 Å². The molecule has 1 unspecified atom stereocenters. The van der Waals surface area contributed by atoms with Gasteiger partial charge in [-0.05, 0) is 90.0 Å². The molecule has 0 fully saturated rings. The third-order valence-electron chi connectivity index (χ3n) is 6.83. The fraction of sp³-hybridized carbons (Fsp3) is 0.0270. The zero-order chi connectivity index (χ0) is 33.2. The number of thioether (sulfide) groups is 1. The van der Waals surface area contributed by atoms with Gasteiger partial charge in [0.15, 0.2) is 0 Å². The second-order valence-electron chi connectivity index (χ2n) is 10.3. The zero-order valence-corrected chi connectivity index (χ0v) is 26.4. The van der Waals surface area contributed by atoms with Gasteiger partial charge in [-0.2, -0.15) is 0 Å². The molecule has 234 valence electrons. The van der Waals surface area contributed by atoms with Gasteiger partial charge >= 0.3 is 0 Å². The van der Waals surface area contributed by atoms with E-state index in [1.165, 1.54) is 11.8 Å². The molecule has 5 aromatic rings. The molecule has 5 rings (SSSR count). The standard InChI is InChI=1S/C37H29ClN4O4S/c38-28-13-7-8-24(22-28)23-32(42-35(44)27-11-5-2-6-12-27)36(45)40-30-18-20-31(21-19-30)47-33(25-9-3-1-4-10-25)37(46)41-29-16-14-26(15-17-29)34(39)43/h1-23,33H,(H2,39,43)(H,40,45)(H,41,46)(H,42,44)/b32-23-. The molecular formula is C37H29ClN4O4S. The van der Waals surface area contributed by atoms with E-state index >= 15 is 0 Å². The van der Waals surface area contributed by atoms with Gasteiger partial charge in [0.1, 0.15) is 10.9 Å². The van der Waals surface area contributed by atoms with Gasteiger partial charge in [-0.25, -0.2) is 0 Å². The summed E-state index contributed by atoms with van der Waals surface area (Å²) >= 11 is 7.49. The van der Waals surface area contributed by atoms with Crippen molar-refractivity contribution in [3.8, 4) is 0 Å². The van der Waals surface area contributed by atoms with Crippen LogP contribution >= 0.6 is 23.4 Å². The molecule has 0 bridgehead atoms. The van der Waals surface area contributed by atoms with Crippen LogP contribution in [0.4, 0.5) is 11.4 Å². The van der Waals surface area contributed by atoms with Crippen molar-refractivity contribution in [3.05, 3.63) is 166 Å². The molecule has 0 saturated heterocycles. The third-order valence-corrected chi connectivity index (χ3v) is 8.33. The topological polar surface area (TPSA) is 130 Å². The van der Waals surface area contributed by atoms with Gasteiger partial charge in [-0.1, -0.05) is 72.3 Å². The number of hydrogen-bond acceptors (Lipinski definition) is 5. The molecule has 0 saturated carbocycles. The van der Waals surface area contributed by atoms with Crippen molar-refractivity contribution in [3.63, 3.8) is 0 Å². The number of rotatable bonds is 11. The normalized spacial score (nSPS) is 11.6. The van der Waals surface area contributed by atoms with Gasteiger partial charge in [0, 0.05) is 32.4 Å². The highest BCUT2D eigenvalue weighted by molar-refractivity contribution is 8.00. The molecule has 8 nitrogen and oxygen atoms in total. The summed E-state index contributed by atoms with van der Waals surface area (Å²) in [7, 11) is 0. The van der Waals surface area contributed by atoms with Gasteiger partial charge in [-0.15, -0.1) is 11.8 Å². The number of primary amides is 1. The first kappa shape index (κ1) is 32.7. The SMILES string of the molecule is NC(=O)c1ccc(NC(=O)C(Sc2ccc(NC(=O)/C(=C/c3cccc(Cl)c3)NC(=O)c3ccccc3)cc2)c2ccccc2)cc1. The summed E-state index contributed by atoms with van der Waals surface area (Å²) in [6, 6.07) is 38.3. The van der Waals surface area contributed by atoms with Crippen molar-refractivity contribution >= 4 is 64.4 Å². The first-order valence-corrected chi connectivity index (χ1v) is 15.7. The molecule has 0 aliphatic carbocycles. The van der Waals surface area contributed by atoms with Crippen molar-refractivity contribution in [1.82, 2.24) is 5.32 Å². The molecular weight excluding hydrogens is 632 g/mol. The summed E-state index contributed by atoms with van der Waals surface area (Å²) in [6.07, 6.45) is 1.55. The Bertz CT molecular complexity index is 1920. The highest BCUT2D eigenvalue weighted by atomic mass is 35.5. The maximum absolute atomic E-state index is 13.5. The molecule has 0 heterocycles. The molecule has 5 N–H and O–H groups in total. The fourth-order valence-electron chi connectivity index (χ4n) is 4.48. The maximum Gasteiger partial charge on any atom is 0.272 e. The molecule has 5 aromatic carbocycles. The predicted octanol–water partition coefficient (Wildman–Crippen LogP) is 7.32. The van der Waals surface area contributed by atoms with Crippen molar-refractivity contribution in [2.75, 3.05) is 10.6 Å². The average molecular weight is 661 g/mol. The summed E-state index contributed by atoms with van der Waals surface area (Å²) in [6.45, 7) is 0. The van der Waals surface area contributed by atoms with E-state index in [9.17, 15) is 19.2 Å². The molecule has 0 aromatic heterocycles. The van der Waals surface area contributed by atoms with Crippen LogP contribution in [0.3, 0.4) is 0 Å². The zero-order valence-electron chi connectivity index (χ0n) is 24.9. The number of benzene rings is 5.